The molecule has 3 aromatic rings. The van der Waals surface area contributed by atoms with Crippen LogP contribution in [0.1, 0.15) is 29.8 Å². The fourth-order valence-electron chi connectivity index (χ4n) is 3.10. The maximum atomic E-state index is 12.3. The Morgan fingerprint density at radius 3 is 2.65 bits per heavy atom. The van der Waals surface area contributed by atoms with Crippen LogP contribution in [0.5, 0.6) is 0 Å². The van der Waals surface area contributed by atoms with Crippen LogP contribution >= 0.6 is 0 Å². The topological polar surface area (TPSA) is 106 Å². The number of likely N-dealkylation sites (N-methyl/N-ethyl adjacent to an activating group) is 1. The fourth-order valence-corrected chi connectivity index (χ4v) is 3.10. The lowest BCUT2D eigenvalue weighted by Crippen LogP contribution is -2.37. The van der Waals surface area contributed by atoms with E-state index in [2.05, 4.69) is 15.6 Å². The first-order chi connectivity index (χ1) is 14.9. The average Bonchev–Trinajstić information content (AvgIpc) is 3.19. The Bertz CT molecular complexity index is 1110. The molecule has 2 amide bonds. The maximum absolute atomic E-state index is 12.3. The summed E-state index contributed by atoms with van der Waals surface area (Å²) in [6.07, 6.45) is 0.779. The summed E-state index contributed by atoms with van der Waals surface area (Å²) >= 11 is 0. The standard InChI is InChI=1S/C22H25N5O4/c1-4-15-8-6-7-9-17(15)23-20(28)13-26(3)21(29)14-31-22(30)16-10-11-19-18(12-16)24-25-27(19)5-2/h6-12H,4-5,13-14H2,1-3H3,(H,23,28). The van der Waals surface area contributed by atoms with E-state index in [4.69, 9.17) is 4.74 Å². The number of rotatable bonds is 8. The van der Waals surface area contributed by atoms with Gasteiger partial charge in [0, 0.05) is 19.3 Å². The second-order valence-corrected chi connectivity index (χ2v) is 6.99. The van der Waals surface area contributed by atoms with Crippen LogP contribution in [0.2, 0.25) is 0 Å². The molecule has 3 rings (SSSR count). The zero-order valence-corrected chi connectivity index (χ0v) is 17.8. The largest absolute Gasteiger partial charge is 0.452 e. The Labute approximate surface area is 180 Å². The lowest BCUT2D eigenvalue weighted by molar-refractivity contribution is -0.136. The lowest BCUT2D eigenvalue weighted by atomic mass is 10.1. The number of amides is 2. The van der Waals surface area contributed by atoms with E-state index in [1.54, 1.807) is 22.9 Å². The zero-order valence-electron chi connectivity index (χ0n) is 17.8. The Kier molecular flexibility index (Phi) is 6.96. The number of ether oxygens (including phenoxy) is 1. The Balaban J connectivity index is 1.52. The molecule has 0 saturated carbocycles. The highest BCUT2D eigenvalue weighted by molar-refractivity contribution is 5.96. The molecule has 0 atom stereocenters. The molecule has 0 aliphatic carbocycles. The Morgan fingerprint density at radius 1 is 1.13 bits per heavy atom. The first-order valence-electron chi connectivity index (χ1n) is 10.0. The third-order valence-electron chi connectivity index (χ3n) is 4.85. The van der Waals surface area contributed by atoms with Crippen molar-refractivity contribution in [1.82, 2.24) is 19.9 Å². The third-order valence-corrected chi connectivity index (χ3v) is 4.85. The maximum Gasteiger partial charge on any atom is 0.338 e. The van der Waals surface area contributed by atoms with E-state index in [9.17, 15) is 14.4 Å². The van der Waals surface area contributed by atoms with E-state index in [1.807, 2.05) is 38.1 Å². The van der Waals surface area contributed by atoms with Crippen LogP contribution in [0, 0.1) is 0 Å². The highest BCUT2D eigenvalue weighted by Gasteiger charge is 2.17. The molecule has 162 valence electrons. The van der Waals surface area contributed by atoms with E-state index in [1.165, 1.54) is 11.9 Å². The monoisotopic (exact) mass is 423 g/mol. The van der Waals surface area contributed by atoms with Crippen LogP contribution in [0.25, 0.3) is 11.0 Å². The Hall–Kier alpha value is -3.75. The Morgan fingerprint density at radius 2 is 1.90 bits per heavy atom. The molecule has 0 aliphatic heterocycles. The fraction of sp³-hybridized carbons (Fsp3) is 0.318. The predicted octanol–water partition coefficient (Wildman–Crippen LogP) is 2.27. The molecule has 1 aromatic heterocycles. The molecule has 9 heteroatoms. The first kappa shape index (κ1) is 21.9. The SMILES string of the molecule is CCc1ccccc1NC(=O)CN(C)C(=O)COC(=O)c1ccc2c(c1)nnn2CC. The van der Waals surface area contributed by atoms with Gasteiger partial charge in [0.1, 0.15) is 5.52 Å². The van der Waals surface area contributed by atoms with Crippen molar-refractivity contribution in [2.45, 2.75) is 26.8 Å². The molecular formula is C22H25N5O4. The molecule has 2 aromatic carbocycles. The molecule has 1 N–H and O–H groups in total. The molecule has 0 unspecified atom stereocenters. The van der Waals surface area contributed by atoms with Crippen LogP contribution in [0.3, 0.4) is 0 Å². The summed E-state index contributed by atoms with van der Waals surface area (Å²) in [6.45, 7) is 3.99. The van der Waals surface area contributed by atoms with Gasteiger partial charge in [-0.15, -0.1) is 5.10 Å². The van der Waals surface area contributed by atoms with Gasteiger partial charge in [-0.05, 0) is 43.2 Å². The average molecular weight is 423 g/mol. The molecule has 0 spiro atoms. The van der Waals surface area contributed by atoms with Crippen molar-refractivity contribution in [1.29, 1.82) is 0 Å². The van der Waals surface area contributed by atoms with Crippen LogP contribution in [-0.2, 0) is 27.3 Å². The van der Waals surface area contributed by atoms with Crippen molar-refractivity contribution in [3.05, 3.63) is 53.6 Å². The number of nitrogens with one attached hydrogen (secondary N) is 1. The van der Waals surface area contributed by atoms with Crippen molar-refractivity contribution in [2.75, 3.05) is 25.5 Å². The molecule has 0 aliphatic rings. The number of benzene rings is 2. The van der Waals surface area contributed by atoms with Crippen LogP contribution < -0.4 is 5.32 Å². The number of fused-ring (bicyclic) bond motifs is 1. The number of hydrogen-bond donors (Lipinski definition) is 1. The smallest absolute Gasteiger partial charge is 0.338 e. The number of para-hydroxylation sites is 1. The molecule has 0 bridgehead atoms. The van der Waals surface area contributed by atoms with Gasteiger partial charge in [-0.25, -0.2) is 9.48 Å². The third kappa shape index (κ3) is 5.25. The van der Waals surface area contributed by atoms with E-state index in [-0.39, 0.29) is 18.0 Å². The quantitative estimate of drug-likeness (QED) is 0.557. The summed E-state index contributed by atoms with van der Waals surface area (Å²) in [5.41, 5.74) is 3.39. The van der Waals surface area contributed by atoms with Crippen molar-refractivity contribution >= 4 is 34.5 Å². The molecule has 9 nitrogen and oxygen atoms in total. The van der Waals surface area contributed by atoms with E-state index >= 15 is 0 Å². The van der Waals surface area contributed by atoms with Gasteiger partial charge in [-0.3, -0.25) is 9.59 Å². The minimum absolute atomic E-state index is 0.152. The van der Waals surface area contributed by atoms with Gasteiger partial charge in [0.05, 0.1) is 17.6 Å². The summed E-state index contributed by atoms with van der Waals surface area (Å²) in [4.78, 5) is 38.1. The number of nitrogens with zero attached hydrogens (tertiary/aromatic N) is 4. The summed E-state index contributed by atoms with van der Waals surface area (Å²) in [6, 6.07) is 12.4. The van der Waals surface area contributed by atoms with Crippen LogP contribution in [-0.4, -0.2) is 57.9 Å². The van der Waals surface area contributed by atoms with Gasteiger partial charge in [-0.1, -0.05) is 30.3 Å². The second-order valence-electron chi connectivity index (χ2n) is 6.99. The number of carbonyl (C=O) groups is 3. The van der Waals surface area contributed by atoms with Crippen molar-refractivity contribution < 1.29 is 19.1 Å². The van der Waals surface area contributed by atoms with Crippen LogP contribution in [0.15, 0.2) is 42.5 Å². The summed E-state index contributed by atoms with van der Waals surface area (Å²) in [5.74, 6) is -1.45. The number of aryl methyl sites for hydroxylation is 2. The minimum Gasteiger partial charge on any atom is -0.452 e. The van der Waals surface area contributed by atoms with Crippen molar-refractivity contribution in [3.63, 3.8) is 0 Å². The summed E-state index contributed by atoms with van der Waals surface area (Å²) < 4.78 is 6.83. The molecule has 0 fully saturated rings. The highest BCUT2D eigenvalue weighted by atomic mass is 16.5. The first-order valence-corrected chi connectivity index (χ1v) is 10.0. The van der Waals surface area contributed by atoms with Gasteiger partial charge in [0.2, 0.25) is 5.91 Å². The molecule has 0 saturated heterocycles. The van der Waals surface area contributed by atoms with Gasteiger partial charge in [0.25, 0.3) is 5.91 Å². The van der Waals surface area contributed by atoms with Crippen molar-refractivity contribution in [3.8, 4) is 0 Å². The molecule has 1 heterocycles. The van der Waals surface area contributed by atoms with E-state index in [0.717, 1.165) is 23.2 Å². The van der Waals surface area contributed by atoms with Crippen molar-refractivity contribution in [2.24, 2.45) is 0 Å². The van der Waals surface area contributed by atoms with E-state index < -0.39 is 18.5 Å². The molecule has 0 radical (unpaired) electrons. The number of carbonyl (C=O) groups excluding carboxylic acids is 3. The van der Waals surface area contributed by atoms with Gasteiger partial charge >= 0.3 is 5.97 Å². The number of aromatic nitrogens is 3. The normalized spacial score (nSPS) is 10.7. The minimum atomic E-state index is -0.643. The van der Waals surface area contributed by atoms with Gasteiger partial charge in [0.15, 0.2) is 6.61 Å². The van der Waals surface area contributed by atoms with Gasteiger partial charge in [-0.2, -0.15) is 0 Å². The zero-order chi connectivity index (χ0) is 22.4. The van der Waals surface area contributed by atoms with Gasteiger partial charge < -0.3 is 15.0 Å². The number of anilines is 1. The molecule has 31 heavy (non-hydrogen) atoms. The second kappa shape index (κ2) is 9.84. The number of hydrogen-bond acceptors (Lipinski definition) is 6. The summed E-state index contributed by atoms with van der Waals surface area (Å²) in [5, 5.41) is 10.8. The predicted molar refractivity (Wildman–Crippen MR) is 116 cm³/mol. The molecular weight excluding hydrogens is 398 g/mol. The summed E-state index contributed by atoms with van der Waals surface area (Å²) in [7, 11) is 1.48. The van der Waals surface area contributed by atoms with Crippen LogP contribution in [0.4, 0.5) is 5.69 Å². The number of esters is 1. The highest BCUT2D eigenvalue weighted by Crippen LogP contribution is 2.16. The van der Waals surface area contributed by atoms with E-state index in [0.29, 0.717) is 12.1 Å². The lowest BCUT2D eigenvalue weighted by Gasteiger charge is -2.17.